The SMILES string of the molecule is CCn1c2ccccc2c2cc(NC(=O)Nc3ccccc3)ccc21. The Bertz CT molecular complexity index is 1050. The lowest BCUT2D eigenvalue weighted by Crippen LogP contribution is -2.19. The largest absolute Gasteiger partial charge is 0.341 e. The van der Waals surface area contributed by atoms with Crippen LogP contribution in [0.1, 0.15) is 6.92 Å². The second-order valence-corrected chi connectivity index (χ2v) is 5.94. The summed E-state index contributed by atoms with van der Waals surface area (Å²) in [6.07, 6.45) is 0. The van der Waals surface area contributed by atoms with Crippen LogP contribution in [-0.4, -0.2) is 10.6 Å². The molecule has 4 heteroatoms. The molecule has 0 saturated heterocycles. The van der Waals surface area contributed by atoms with Gasteiger partial charge in [0.1, 0.15) is 0 Å². The minimum Gasteiger partial charge on any atom is -0.341 e. The van der Waals surface area contributed by atoms with Gasteiger partial charge in [0.15, 0.2) is 0 Å². The maximum absolute atomic E-state index is 12.2. The van der Waals surface area contributed by atoms with E-state index in [9.17, 15) is 4.79 Å². The number of nitrogens with one attached hydrogen (secondary N) is 2. The van der Waals surface area contributed by atoms with Gasteiger partial charge < -0.3 is 15.2 Å². The second kappa shape index (κ2) is 6.32. The number of urea groups is 1. The van der Waals surface area contributed by atoms with Gasteiger partial charge in [-0.1, -0.05) is 36.4 Å². The molecule has 0 aliphatic rings. The molecule has 0 atom stereocenters. The normalized spacial score (nSPS) is 10.9. The second-order valence-electron chi connectivity index (χ2n) is 5.94. The molecule has 124 valence electrons. The fraction of sp³-hybridized carbons (Fsp3) is 0.0952. The van der Waals surface area contributed by atoms with Crippen LogP contribution < -0.4 is 10.6 Å². The number of para-hydroxylation sites is 2. The average Bonchev–Trinajstić information content (AvgIpc) is 2.95. The first-order valence-electron chi connectivity index (χ1n) is 8.40. The summed E-state index contributed by atoms with van der Waals surface area (Å²) < 4.78 is 2.29. The minimum atomic E-state index is -0.246. The van der Waals surface area contributed by atoms with Crippen LogP contribution in [-0.2, 0) is 6.54 Å². The molecule has 0 unspecified atom stereocenters. The molecule has 25 heavy (non-hydrogen) atoms. The molecule has 0 bridgehead atoms. The fourth-order valence-electron chi connectivity index (χ4n) is 3.29. The van der Waals surface area contributed by atoms with Crippen molar-refractivity contribution in [3.05, 3.63) is 72.8 Å². The molecule has 1 heterocycles. The highest BCUT2D eigenvalue weighted by Crippen LogP contribution is 2.31. The highest BCUT2D eigenvalue weighted by molar-refractivity contribution is 6.10. The predicted octanol–water partition coefficient (Wildman–Crippen LogP) is 5.46. The molecule has 0 aliphatic carbocycles. The summed E-state index contributed by atoms with van der Waals surface area (Å²) in [6, 6.07) is 23.6. The van der Waals surface area contributed by atoms with Gasteiger partial charge >= 0.3 is 6.03 Å². The molecule has 0 spiro atoms. The summed E-state index contributed by atoms with van der Waals surface area (Å²) in [4.78, 5) is 12.2. The van der Waals surface area contributed by atoms with E-state index < -0.39 is 0 Å². The zero-order valence-electron chi connectivity index (χ0n) is 14.0. The number of aryl methyl sites for hydroxylation is 1. The highest BCUT2D eigenvalue weighted by atomic mass is 16.2. The molecule has 3 aromatic carbocycles. The molecule has 0 saturated carbocycles. The highest BCUT2D eigenvalue weighted by Gasteiger charge is 2.10. The zero-order valence-corrected chi connectivity index (χ0v) is 14.0. The minimum absolute atomic E-state index is 0.246. The number of carbonyl (C=O) groups excluding carboxylic acids is 1. The van der Waals surface area contributed by atoms with Crippen LogP contribution >= 0.6 is 0 Å². The number of nitrogens with zero attached hydrogens (tertiary/aromatic N) is 1. The van der Waals surface area contributed by atoms with E-state index in [0.717, 1.165) is 23.3 Å². The third-order valence-electron chi connectivity index (χ3n) is 4.38. The maximum Gasteiger partial charge on any atom is 0.323 e. The van der Waals surface area contributed by atoms with E-state index in [4.69, 9.17) is 0 Å². The molecule has 0 fully saturated rings. The van der Waals surface area contributed by atoms with Gasteiger partial charge in [-0.15, -0.1) is 0 Å². The standard InChI is InChI=1S/C21H19N3O/c1-2-24-19-11-7-6-10-17(19)18-14-16(12-13-20(18)24)23-21(25)22-15-8-4-3-5-9-15/h3-14H,2H2,1H3,(H2,22,23,25). The van der Waals surface area contributed by atoms with Crippen LogP contribution in [0.2, 0.25) is 0 Å². The van der Waals surface area contributed by atoms with E-state index in [1.165, 1.54) is 16.4 Å². The van der Waals surface area contributed by atoms with Crippen molar-refractivity contribution >= 4 is 39.2 Å². The van der Waals surface area contributed by atoms with Crippen molar-refractivity contribution in [2.75, 3.05) is 10.6 Å². The molecular weight excluding hydrogens is 310 g/mol. The summed E-state index contributed by atoms with van der Waals surface area (Å²) in [5.41, 5.74) is 3.94. The zero-order chi connectivity index (χ0) is 17.2. The van der Waals surface area contributed by atoms with Gasteiger partial charge in [-0.25, -0.2) is 4.79 Å². The quantitative estimate of drug-likeness (QED) is 0.515. The van der Waals surface area contributed by atoms with Gasteiger partial charge in [-0.2, -0.15) is 0 Å². The first kappa shape index (κ1) is 15.3. The third-order valence-corrected chi connectivity index (χ3v) is 4.38. The van der Waals surface area contributed by atoms with Crippen LogP contribution in [0.4, 0.5) is 16.2 Å². The van der Waals surface area contributed by atoms with E-state index in [0.29, 0.717) is 0 Å². The van der Waals surface area contributed by atoms with Crippen molar-refractivity contribution < 1.29 is 4.79 Å². The lowest BCUT2D eigenvalue weighted by molar-refractivity contribution is 0.262. The van der Waals surface area contributed by atoms with E-state index in [1.807, 2.05) is 48.5 Å². The van der Waals surface area contributed by atoms with E-state index in [1.54, 1.807) is 0 Å². The number of fused-ring (bicyclic) bond motifs is 3. The van der Waals surface area contributed by atoms with Gasteiger partial charge in [0.2, 0.25) is 0 Å². The van der Waals surface area contributed by atoms with Crippen LogP contribution in [0.5, 0.6) is 0 Å². The molecule has 4 nitrogen and oxygen atoms in total. The summed E-state index contributed by atoms with van der Waals surface area (Å²) in [5, 5.41) is 8.10. The Morgan fingerprint density at radius 2 is 1.48 bits per heavy atom. The number of rotatable bonds is 3. The fourth-order valence-corrected chi connectivity index (χ4v) is 3.29. The molecule has 4 aromatic rings. The summed E-state index contributed by atoms with van der Waals surface area (Å²) in [6.45, 7) is 3.05. The Labute approximate surface area is 146 Å². The van der Waals surface area contributed by atoms with Crippen LogP contribution in [0.25, 0.3) is 21.8 Å². The van der Waals surface area contributed by atoms with E-state index in [-0.39, 0.29) is 6.03 Å². The number of aromatic nitrogens is 1. The van der Waals surface area contributed by atoms with Crippen LogP contribution in [0.3, 0.4) is 0 Å². The van der Waals surface area contributed by atoms with Crippen molar-refractivity contribution in [1.29, 1.82) is 0 Å². The number of carbonyl (C=O) groups is 1. The first-order chi connectivity index (χ1) is 12.3. The molecule has 1 aromatic heterocycles. The van der Waals surface area contributed by atoms with Crippen molar-refractivity contribution in [3.8, 4) is 0 Å². The Hall–Kier alpha value is -3.27. The third kappa shape index (κ3) is 2.83. The average molecular weight is 329 g/mol. The van der Waals surface area contributed by atoms with Crippen LogP contribution in [0.15, 0.2) is 72.8 Å². The number of amides is 2. The smallest absolute Gasteiger partial charge is 0.323 e. The van der Waals surface area contributed by atoms with Crippen molar-refractivity contribution in [2.24, 2.45) is 0 Å². The van der Waals surface area contributed by atoms with Gasteiger partial charge in [0, 0.05) is 39.7 Å². The Morgan fingerprint density at radius 3 is 2.28 bits per heavy atom. The van der Waals surface area contributed by atoms with Gasteiger partial charge in [0.25, 0.3) is 0 Å². The molecule has 4 rings (SSSR count). The molecule has 0 radical (unpaired) electrons. The Balaban J connectivity index is 1.67. The monoisotopic (exact) mass is 329 g/mol. The topological polar surface area (TPSA) is 46.1 Å². The summed E-state index contributed by atoms with van der Waals surface area (Å²) >= 11 is 0. The number of benzene rings is 3. The first-order valence-corrected chi connectivity index (χ1v) is 8.40. The number of hydrogen-bond donors (Lipinski definition) is 2. The lowest BCUT2D eigenvalue weighted by Gasteiger charge is -2.08. The predicted molar refractivity (Wildman–Crippen MR) is 104 cm³/mol. The number of anilines is 2. The molecular formula is C21H19N3O. The van der Waals surface area contributed by atoms with Gasteiger partial charge in [0.05, 0.1) is 0 Å². The molecule has 2 N–H and O–H groups in total. The van der Waals surface area contributed by atoms with Gasteiger partial charge in [-0.3, -0.25) is 0 Å². The molecule has 0 aliphatic heterocycles. The lowest BCUT2D eigenvalue weighted by atomic mass is 10.1. The Morgan fingerprint density at radius 1 is 0.800 bits per heavy atom. The molecule has 2 amide bonds. The summed E-state index contributed by atoms with van der Waals surface area (Å²) in [7, 11) is 0. The van der Waals surface area contributed by atoms with Crippen LogP contribution in [0, 0.1) is 0 Å². The Kier molecular flexibility index (Phi) is 3.86. The van der Waals surface area contributed by atoms with Crippen molar-refractivity contribution in [2.45, 2.75) is 13.5 Å². The van der Waals surface area contributed by atoms with Gasteiger partial charge in [-0.05, 0) is 43.3 Å². The number of hydrogen-bond acceptors (Lipinski definition) is 1. The van der Waals surface area contributed by atoms with E-state index in [2.05, 4.69) is 46.4 Å². The summed E-state index contributed by atoms with van der Waals surface area (Å²) in [5.74, 6) is 0. The van der Waals surface area contributed by atoms with Crippen molar-refractivity contribution in [1.82, 2.24) is 4.57 Å². The van der Waals surface area contributed by atoms with Crippen molar-refractivity contribution in [3.63, 3.8) is 0 Å². The van der Waals surface area contributed by atoms with E-state index >= 15 is 0 Å². The maximum atomic E-state index is 12.2.